The van der Waals surface area contributed by atoms with Crippen LogP contribution in [0.3, 0.4) is 0 Å². The fourth-order valence-corrected chi connectivity index (χ4v) is 4.29. The van der Waals surface area contributed by atoms with E-state index in [4.69, 9.17) is 16.7 Å². The summed E-state index contributed by atoms with van der Waals surface area (Å²) in [6, 6.07) is 2.76. The number of halogens is 1. The molecule has 0 amide bonds. The fraction of sp³-hybridized carbons (Fsp3) is 0.600. The molecule has 7 heteroatoms. The highest BCUT2D eigenvalue weighted by atomic mass is 35.5. The Morgan fingerprint density at radius 3 is 2.53 bits per heavy atom. The molecule has 0 saturated heterocycles. The van der Waals surface area contributed by atoms with Crippen molar-refractivity contribution in [2.45, 2.75) is 30.5 Å². The number of nitrogens with one attached hydrogen (secondary N) is 1. The third-order valence-electron chi connectivity index (χ3n) is 2.36. The Morgan fingerprint density at radius 2 is 2.12 bits per heavy atom. The van der Waals surface area contributed by atoms with Crippen LogP contribution >= 0.6 is 22.9 Å². The lowest BCUT2D eigenvalue weighted by atomic mass is 10.0. The molecule has 2 N–H and O–H groups in total. The maximum absolute atomic E-state index is 12.0. The van der Waals surface area contributed by atoms with Crippen LogP contribution in [0, 0.1) is 5.92 Å². The van der Waals surface area contributed by atoms with Crippen LogP contribution in [-0.2, 0) is 10.0 Å². The molecule has 1 heterocycles. The number of aliphatic hydroxyl groups is 1. The lowest BCUT2D eigenvalue weighted by molar-refractivity contribution is 0.256. The highest BCUT2D eigenvalue weighted by Gasteiger charge is 2.23. The van der Waals surface area contributed by atoms with Crippen LogP contribution in [0.1, 0.15) is 20.3 Å². The smallest absolute Gasteiger partial charge is 0.250 e. The first kappa shape index (κ1) is 14.9. The van der Waals surface area contributed by atoms with E-state index in [1.54, 1.807) is 6.07 Å². The quantitative estimate of drug-likeness (QED) is 0.845. The summed E-state index contributed by atoms with van der Waals surface area (Å²) >= 11 is 6.73. The molecule has 4 nitrogen and oxygen atoms in total. The Labute approximate surface area is 111 Å². The van der Waals surface area contributed by atoms with Crippen molar-refractivity contribution in [1.82, 2.24) is 4.72 Å². The van der Waals surface area contributed by atoms with Gasteiger partial charge in [0.25, 0.3) is 0 Å². The van der Waals surface area contributed by atoms with E-state index < -0.39 is 10.0 Å². The largest absolute Gasteiger partial charge is 0.396 e. The summed E-state index contributed by atoms with van der Waals surface area (Å²) in [5.74, 6) is 0.118. The number of hydrogen-bond donors (Lipinski definition) is 2. The summed E-state index contributed by atoms with van der Waals surface area (Å²) in [5, 5.41) is 8.90. The summed E-state index contributed by atoms with van der Waals surface area (Å²) in [6.07, 6.45) is 0.399. The van der Waals surface area contributed by atoms with Gasteiger partial charge < -0.3 is 5.11 Å². The minimum atomic E-state index is -3.53. The summed E-state index contributed by atoms with van der Waals surface area (Å²) in [4.78, 5) is 0. The van der Waals surface area contributed by atoms with Crippen LogP contribution in [0.2, 0.25) is 4.34 Å². The van der Waals surface area contributed by atoms with E-state index in [0.29, 0.717) is 10.8 Å². The Kier molecular flexibility index (Phi) is 5.40. The topological polar surface area (TPSA) is 66.4 Å². The van der Waals surface area contributed by atoms with Crippen molar-refractivity contribution in [2.24, 2.45) is 5.92 Å². The summed E-state index contributed by atoms with van der Waals surface area (Å²) < 4.78 is 27.2. The second kappa shape index (κ2) is 6.15. The van der Waals surface area contributed by atoms with Gasteiger partial charge in [0.05, 0.1) is 4.34 Å². The number of aliphatic hydroxyl groups excluding tert-OH is 1. The van der Waals surface area contributed by atoms with Gasteiger partial charge in [0.15, 0.2) is 0 Å². The first-order valence-electron chi connectivity index (χ1n) is 5.25. The predicted octanol–water partition coefficient (Wildman–Crippen LogP) is 2.09. The molecule has 0 bridgehead atoms. The molecule has 1 aromatic heterocycles. The molecule has 1 aromatic rings. The summed E-state index contributed by atoms with van der Waals surface area (Å²) in [6.45, 7) is 3.77. The first-order chi connectivity index (χ1) is 7.86. The zero-order valence-corrected chi connectivity index (χ0v) is 12.1. The van der Waals surface area contributed by atoms with Gasteiger partial charge in [-0.15, -0.1) is 11.3 Å². The van der Waals surface area contributed by atoms with Crippen LogP contribution < -0.4 is 4.72 Å². The Bertz CT molecular complexity index is 456. The molecule has 0 aliphatic heterocycles. The van der Waals surface area contributed by atoms with Crippen LogP contribution in [0.5, 0.6) is 0 Å². The SMILES string of the molecule is CC(C)C(CCO)NS(=O)(=O)c1ccc(Cl)s1. The van der Waals surface area contributed by atoms with Crippen LogP contribution in [-0.4, -0.2) is 26.2 Å². The third kappa shape index (κ3) is 4.22. The first-order valence-corrected chi connectivity index (χ1v) is 7.93. The van der Waals surface area contributed by atoms with Crippen LogP contribution in [0.4, 0.5) is 0 Å². The van der Waals surface area contributed by atoms with Gasteiger partial charge in [0.1, 0.15) is 4.21 Å². The van der Waals surface area contributed by atoms with Gasteiger partial charge in [-0.05, 0) is 24.5 Å². The molecular weight excluding hydrogens is 282 g/mol. The standard InChI is InChI=1S/C10H16ClNO3S2/c1-7(2)8(5-6-13)12-17(14,15)10-4-3-9(11)16-10/h3-4,7-8,12-13H,5-6H2,1-2H3. The normalized spacial score (nSPS) is 14.2. The van der Waals surface area contributed by atoms with Crippen molar-refractivity contribution in [3.05, 3.63) is 16.5 Å². The van der Waals surface area contributed by atoms with Gasteiger partial charge >= 0.3 is 0 Å². The highest BCUT2D eigenvalue weighted by Crippen LogP contribution is 2.26. The van der Waals surface area contributed by atoms with Gasteiger partial charge in [0.2, 0.25) is 10.0 Å². The minimum Gasteiger partial charge on any atom is -0.396 e. The molecule has 0 aliphatic carbocycles. The molecule has 0 spiro atoms. The predicted molar refractivity (Wildman–Crippen MR) is 70.0 cm³/mol. The van der Waals surface area contributed by atoms with Crippen molar-refractivity contribution >= 4 is 33.0 Å². The van der Waals surface area contributed by atoms with Crippen molar-refractivity contribution < 1.29 is 13.5 Å². The molecule has 1 rings (SSSR count). The van der Waals surface area contributed by atoms with E-state index in [2.05, 4.69) is 4.72 Å². The number of rotatable bonds is 6. The average molecular weight is 298 g/mol. The second-order valence-electron chi connectivity index (χ2n) is 4.04. The molecule has 17 heavy (non-hydrogen) atoms. The number of thiophene rings is 1. The van der Waals surface area contributed by atoms with Crippen molar-refractivity contribution in [2.75, 3.05) is 6.61 Å². The van der Waals surface area contributed by atoms with Gasteiger partial charge in [-0.2, -0.15) is 0 Å². The maximum atomic E-state index is 12.0. The lowest BCUT2D eigenvalue weighted by Gasteiger charge is -2.20. The Hall–Kier alpha value is -0.140. The fourth-order valence-electron chi connectivity index (χ4n) is 1.37. The minimum absolute atomic E-state index is 0.0451. The van der Waals surface area contributed by atoms with Crippen molar-refractivity contribution in [1.29, 1.82) is 0 Å². The van der Waals surface area contributed by atoms with Gasteiger partial charge in [0, 0.05) is 12.6 Å². The molecule has 98 valence electrons. The molecule has 0 aliphatic rings. The molecular formula is C10H16ClNO3S2. The van der Waals surface area contributed by atoms with Crippen molar-refractivity contribution in [3.8, 4) is 0 Å². The Morgan fingerprint density at radius 1 is 1.47 bits per heavy atom. The maximum Gasteiger partial charge on any atom is 0.250 e. The van der Waals surface area contributed by atoms with Gasteiger partial charge in [-0.3, -0.25) is 0 Å². The molecule has 1 atom stereocenters. The zero-order valence-electron chi connectivity index (χ0n) is 9.68. The third-order valence-corrected chi connectivity index (χ3v) is 5.58. The van der Waals surface area contributed by atoms with E-state index in [1.165, 1.54) is 6.07 Å². The van der Waals surface area contributed by atoms with Crippen LogP contribution in [0.25, 0.3) is 0 Å². The Balaban J connectivity index is 2.84. The van der Waals surface area contributed by atoms with Crippen molar-refractivity contribution in [3.63, 3.8) is 0 Å². The zero-order chi connectivity index (χ0) is 13.1. The highest BCUT2D eigenvalue weighted by molar-refractivity contribution is 7.91. The van der Waals surface area contributed by atoms with E-state index in [9.17, 15) is 8.42 Å². The monoisotopic (exact) mass is 297 g/mol. The van der Waals surface area contributed by atoms with E-state index in [0.717, 1.165) is 11.3 Å². The van der Waals surface area contributed by atoms with Gasteiger partial charge in [-0.25, -0.2) is 13.1 Å². The number of hydrogen-bond acceptors (Lipinski definition) is 4. The number of sulfonamides is 1. The average Bonchev–Trinajstić information content (AvgIpc) is 2.64. The molecule has 0 saturated carbocycles. The summed E-state index contributed by atoms with van der Waals surface area (Å²) in [5.41, 5.74) is 0. The molecule has 0 aromatic carbocycles. The van der Waals surface area contributed by atoms with E-state index in [1.807, 2.05) is 13.8 Å². The van der Waals surface area contributed by atoms with Crippen LogP contribution in [0.15, 0.2) is 16.3 Å². The van der Waals surface area contributed by atoms with Gasteiger partial charge in [-0.1, -0.05) is 25.4 Å². The molecule has 1 unspecified atom stereocenters. The van der Waals surface area contributed by atoms with E-state index in [-0.39, 0.29) is 22.8 Å². The molecule has 0 fully saturated rings. The van der Waals surface area contributed by atoms with E-state index >= 15 is 0 Å². The second-order valence-corrected chi connectivity index (χ2v) is 7.70. The molecule has 0 radical (unpaired) electrons. The summed E-state index contributed by atoms with van der Waals surface area (Å²) in [7, 11) is -3.53. The lowest BCUT2D eigenvalue weighted by Crippen LogP contribution is -2.38.